The van der Waals surface area contributed by atoms with E-state index in [4.69, 9.17) is 9.15 Å². The SMILES string of the molecule is CSCc1c(C(=O)OCCCn2c(=O)[nH]c3ccccc32)oc2ccccc12. The molecular weight excluding hydrogens is 376 g/mol. The first-order valence-electron chi connectivity index (χ1n) is 9.03. The van der Waals surface area contributed by atoms with E-state index in [2.05, 4.69) is 4.98 Å². The Morgan fingerprint density at radius 3 is 2.82 bits per heavy atom. The second-order valence-corrected chi connectivity index (χ2v) is 7.29. The van der Waals surface area contributed by atoms with E-state index < -0.39 is 5.97 Å². The number of nitrogens with one attached hydrogen (secondary N) is 1. The summed E-state index contributed by atoms with van der Waals surface area (Å²) in [4.78, 5) is 27.5. The number of furan rings is 1. The standard InChI is InChI=1S/C21H20N2O4S/c1-28-13-15-14-7-2-5-10-18(14)27-19(15)20(24)26-12-6-11-23-17-9-4-3-8-16(17)22-21(23)25/h2-5,7-10H,6,11-13H2,1H3,(H,22,25). The maximum atomic E-state index is 12.6. The van der Waals surface area contributed by atoms with Gasteiger partial charge in [0.15, 0.2) is 0 Å². The number of imidazole rings is 1. The lowest BCUT2D eigenvalue weighted by atomic mass is 10.1. The molecule has 0 aliphatic carbocycles. The number of hydrogen-bond donors (Lipinski definition) is 1. The van der Waals surface area contributed by atoms with Gasteiger partial charge in [-0.25, -0.2) is 9.59 Å². The molecular formula is C21H20N2O4S. The van der Waals surface area contributed by atoms with Crippen molar-refractivity contribution in [1.82, 2.24) is 9.55 Å². The molecule has 0 amide bonds. The lowest BCUT2D eigenvalue weighted by Gasteiger charge is -2.06. The van der Waals surface area contributed by atoms with Gasteiger partial charge < -0.3 is 14.1 Å². The summed E-state index contributed by atoms with van der Waals surface area (Å²) in [6.45, 7) is 0.675. The van der Waals surface area contributed by atoms with Gasteiger partial charge in [0.25, 0.3) is 0 Å². The maximum absolute atomic E-state index is 12.6. The number of fused-ring (bicyclic) bond motifs is 2. The first-order valence-corrected chi connectivity index (χ1v) is 10.4. The minimum absolute atomic E-state index is 0.160. The Morgan fingerprint density at radius 1 is 1.18 bits per heavy atom. The third kappa shape index (κ3) is 3.45. The van der Waals surface area contributed by atoms with Crippen molar-refractivity contribution in [1.29, 1.82) is 0 Å². The van der Waals surface area contributed by atoms with Crippen LogP contribution in [0.2, 0.25) is 0 Å². The second-order valence-electron chi connectivity index (χ2n) is 6.43. The molecule has 4 aromatic rings. The van der Waals surface area contributed by atoms with E-state index >= 15 is 0 Å². The molecule has 2 aromatic carbocycles. The van der Waals surface area contributed by atoms with Crippen molar-refractivity contribution in [2.45, 2.75) is 18.7 Å². The Balaban J connectivity index is 1.43. The molecule has 144 valence electrons. The molecule has 0 aliphatic heterocycles. The van der Waals surface area contributed by atoms with Gasteiger partial charge in [-0.15, -0.1) is 0 Å². The molecule has 0 radical (unpaired) electrons. The molecule has 6 nitrogen and oxygen atoms in total. The molecule has 1 N–H and O–H groups in total. The van der Waals surface area contributed by atoms with Gasteiger partial charge in [0.2, 0.25) is 5.76 Å². The summed E-state index contributed by atoms with van der Waals surface area (Å²) >= 11 is 1.63. The third-order valence-electron chi connectivity index (χ3n) is 4.61. The summed E-state index contributed by atoms with van der Waals surface area (Å²) < 4.78 is 12.8. The minimum atomic E-state index is -0.466. The van der Waals surface area contributed by atoms with Crippen molar-refractivity contribution in [3.8, 4) is 0 Å². The summed E-state index contributed by atoms with van der Waals surface area (Å²) in [5.74, 6) is 0.470. The number of thioether (sulfide) groups is 1. The van der Waals surface area contributed by atoms with Crippen LogP contribution in [0.4, 0.5) is 0 Å². The molecule has 7 heteroatoms. The number of nitrogens with zero attached hydrogens (tertiary/aromatic N) is 1. The predicted octanol–water partition coefficient (Wildman–Crippen LogP) is 4.19. The average Bonchev–Trinajstić information content (AvgIpc) is 3.23. The van der Waals surface area contributed by atoms with Crippen LogP contribution in [-0.2, 0) is 17.0 Å². The molecule has 0 saturated carbocycles. The fourth-order valence-corrected chi connectivity index (χ4v) is 3.91. The van der Waals surface area contributed by atoms with E-state index in [1.165, 1.54) is 0 Å². The fraction of sp³-hybridized carbons (Fsp3) is 0.238. The van der Waals surface area contributed by atoms with E-state index in [-0.39, 0.29) is 18.1 Å². The van der Waals surface area contributed by atoms with Gasteiger partial charge in [-0.3, -0.25) is 4.57 Å². The Bertz CT molecular complexity index is 1190. The van der Waals surface area contributed by atoms with Crippen molar-refractivity contribution >= 4 is 39.7 Å². The summed E-state index contributed by atoms with van der Waals surface area (Å²) in [5.41, 5.74) is 3.03. The van der Waals surface area contributed by atoms with Gasteiger partial charge in [0.1, 0.15) is 5.58 Å². The van der Waals surface area contributed by atoms with Crippen molar-refractivity contribution in [3.05, 3.63) is 70.3 Å². The molecule has 2 aromatic heterocycles. The predicted molar refractivity (Wildman–Crippen MR) is 111 cm³/mol. The van der Waals surface area contributed by atoms with Crippen LogP contribution in [0.3, 0.4) is 0 Å². The summed E-state index contributed by atoms with van der Waals surface area (Å²) in [6, 6.07) is 15.1. The van der Waals surface area contributed by atoms with Gasteiger partial charge in [-0.2, -0.15) is 11.8 Å². The van der Waals surface area contributed by atoms with Crippen LogP contribution in [0.1, 0.15) is 22.5 Å². The molecule has 0 unspecified atom stereocenters. The van der Waals surface area contributed by atoms with Gasteiger partial charge in [0.05, 0.1) is 17.6 Å². The van der Waals surface area contributed by atoms with E-state index in [0.29, 0.717) is 24.3 Å². The smallest absolute Gasteiger partial charge is 0.374 e. The molecule has 0 bridgehead atoms. The zero-order valence-electron chi connectivity index (χ0n) is 15.4. The summed E-state index contributed by atoms with van der Waals surface area (Å²) in [7, 11) is 0. The lowest BCUT2D eigenvalue weighted by molar-refractivity contribution is 0.0461. The molecule has 0 saturated heterocycles. The van der Waals surface area contributed by atoms with Gasteiger partial charge >= 0.3 is 11.7 Å². The first-order chi connectivity index (χ1) is 13.7. The number of benzene rings is 2. The fourth-order valence-electron chi connectivity index (χ4n) is 3.33. The number of H-pyrrole nitrogens is 1. The van der Waals surface area contributed by atoms with Crippen molar-refractivity contribution in [2.75, 3.05) is 12.9 Å². The highest BCUT2D eigenvalue weighted by Crippen LogP contribution is 2.29. The molecule has 28 heavy (non-hydrogen) atoms. The molecule has 4 rings (SSSR count). The van der Waals surface area contributed by atoms with E-state index in [0.717, 1.165) is 22.0 Å². The van der Waals surface area contributed by atoms with E-state index in [1.54, 1.807) is 16.3 Å². The molecule has 0 fully saturated rings. The van der Waals surface area contributed by atoms with Crippen molar-refractivity contribution in [3.63, 3.8) is 0 Å². The van der Waals surface area contributed by atoms with Gasteiger partial charge in [0, 0.05) is 23.2 Å². The van der Waals surface area contributed by atoms with Crippen molar-refractivity contribution < 1.29 is 13.9 Å². The molecule has 0 aliphatic rings. The number of carbonyl (C=O) groups is 1. The zero-order chi connectivity index (χ0) is 19.5. The number of hydrogen-bond acceptors (Lipinski definition) is 5. The number of aromatic amines is 1. The van der Waals surface area contributed by atoms with Crippen LogP contribution in [-0.4, -0.2) is 28.4 Å². The zero-order valence-corrected chi connectivity index (χ0v) is 16.3. The van der Waals surface area contributed by atoms with Crippen LogP contribution in [0, 0.1) is 0 Å². The highest BCUT2D eigenvalue weighted by Gasteiger charge is 2.21. The number of rotatable bonds is 7. The number of aromatic nitrogens is 2. The number of para-hydroxylation sites is 3. The second kappa shape index (κ2) is 7.98. The van der Waals surface area contributed by atoms with Crippen LogP contribution < -0.4 is 5.69 Å². The molecule has 2 heterocycles. The third-order valence-corrected chi connectivity index (χ3v) is 5.19. The highest BCUT2D eigenvalue weighted by molar-refractivity contribution is 7.97. The number of esters is 1. The maximum Gasteiger partial charge on any atom is 0.374 e. The Kier molecular flexibility index (Phi) is 5.25. The molecule has 0 atom stereocenters. The quantitative estimate of drug-likeness (QED) is 0.374. The average molecular weight is 396 g/mol. The van der Waals surface area contributed by atoms with Gasteiger partial charge in [-0.05, 0) is 30.9 Å². The van der Waals surface area contributed by atoms with Gasteiger partial charge in [-0.1, -0.05) is 30.3 Å². The Labute approximate surface area is 165 Å². The number of aryl methyl sites for hydroxylation is 1. The van der Waals surface area contributed by atoms with Crippen molar-refractivity contribution in [2.24, 2.45) is 0 Å². The monoisotopic (exact) mass is 396 g/mol. The Morgan fingerprint density at radius 2 is 1.96 bits per heavy atom. The van der Waals surface area contributed by atoms with Crippen LogP contribution in [0.25, 0.3) is 22.0 Å². The normalized spacial score (nSPS) is 11.3. The largest absolute Gasteiger partial charge is 0.460 e. The van der Waals surface area contributed by atoms with E-state index in [1.807, 2.05) is 54.8 Å². The number of carbonyl (C=O) groups excluding carboxylic acids is 1. The van der Waals surface area contributed by atoms with Crippen LogP contribution in [0.5, 0.6) is 0 Å². The topological polar surface area (TPSA) is 77.2 Å². The van der Waals surface area contributed by atoms with E-state index in [9.17, 15) is 9.59 Å². The lowest BCUT2D eigenvalue weighted by Crippen LogP contribution is -2.18. The minimum Gasteiger partial charge on any atom is -0.460 e. The summed E-state index contributed by atoms with van der Waals surface area (Å²) in [5, 5.41) is 0.939. The molecule has 0 spiro atoms. The summed E-state index contributed by atoms with van der Waals surface area (Å²) in [6.07, 6.45) is 2.52. The van der Waals surface area contributed by atoms with Crippen LogP contribution in [0.15, 0.2) is 57.7 Å². The highest BCUT2D eigenvalue weighted by atomic mass is 32.2. The number of ether oxygens (including phenoxy) is 1. The van der Waals surface area contributed by atoms with Crippen LogP contribution >= 0.6 is 11.8 Å². The first kappa shape index (κ1) is 18.4. The Hall–Kier alpha value is -2.93.